The average molecular weight is 482 g/mol. The summed E-state index contributed by atoms with van der Waals surface area (Å²) >= 11 is 6.26. The number of hydrogen-bond donors (Lipinski definition) is 3. The lowest BCUT2D eigenvalue weighted by Crippen LogP contribution is -2.29. The zero-order valence-electron chi connectivity index (χ0n) is 18.7. The minimum absolute atomic E-state index is 0.0348. The van der Waals surface area contributed by atoms with Crippen LogP contribution in [-0.4, -0.2) is 26.8 Å². The fraction of sp³-hybridized carbons (Fsp3) is 0.0714. The number of aliphatic hydroxyl groups excluding tert-OH is 1. The second kappa shape index (κ2) is 7.89. The highest BCUT2D eigenvalue weighted by atomic mass is 35.5. The second-order valence-corrected chi connectivity index (χ2v) is 9.04. The Hall–Kier alpha value is -4.29. The number of aromatic nitrogens is 2. The Morgan fingerprint density at radius 3 is 2.43 bits per heavy atom. The fourth-order valence-electron chi connectivity index (χ4n) is 5.06. The van der Waals surface area contributed by atoms with Crippen LogP contribution in [0, 0.1) is 6.92 Å². The lowest BCUT2D eigenvalue weighted by Gasteiger charge is -2.26. The highest BCUT2D eigenvalue weighted by Crippen LogP contribution is 2.46. The lowest BCUT2D eigenvalue weighted by molar-refractivity contribution is -0.132. The van der Waals surface area contributed by atoms with E-state index in [1.807, 2.05) is 55.5 Å². The van der Waals surface area contributed by atoms with Gasteiger partial charge in [0.05, 0.1) is 11.6 Å². The van der Waals surface area contributed by atoms with Crippen LogP contribution in [0.2, 0.25) is 5.02 Å². The van der Waals surface area contributed by atoms with Gasteiger partial charge in [-0.2, -0.15) is 0 Å². The quantitative estimate of drug-likeness (QED) is 0.162. The topological polar surface area (TPSA) is 89.2 Å². The molecule has 3 aromatic carbocycles. The maximum Gasteiger partial charge on any atom is 0.300 e. The van der Waals surface area contributed by atoms with E-state index in [0.717, 1.165) is 33.1 Å². The molecule has 35 heavy (non-hydrogen) atoms. The second-order valence-electron chi connectivity index (χ2n) is 8.61. The highest BCUT2D eigenvalue weighted by Gasteiger charge is 2.48. The molecule has 0 aliphatic carbocycles. The molecule has 3 N–H and O–H groups in total. The molecule has 5 aromatic rings. The highest BCUT2D eigenvalue weighted by molar-refractivity contribution is 6.52. The molecule has 6 rings (SSSR count). The van der Waals surface area contributed by atoms with Crippen molar-refractivity contribution >= 4 is 56.5 Å². The molecule has 1 aliphatic rings. The van der Waals surface area contributed by atoms with Gasteiger partial charge in [-0.05, 0) is 37.3 Å². The summed E-state index contributed by atoms with van der Waals surface area (Å²) in [7, 11) is 0. The van der Waals surface area contributed by atoms with Gasteiger partial charge in [-0.15, -0.1) is 0 Å². The van der Waals surface area contributed by atoms with E-state index >= 15 is 0 Å². The molecule has 6 nitrogen and oxygen atoms in total. The van der Waals surface area contributed by atoms with E-state index < -0.39 is 17.7 Å². The number of halogens is 1. The largest absolute Gasteiger partial charge is 0.507 e. The summed E-state index contributed by atoms with van der Waals surface area (Å²) in [5.74, 6) is -1.69. The number of hydrogen-bond acceptors (Lipinski definition) is 3. The molecule has 0 spiro atoms. The number of benzene rings is 3. The van der Waals surface area contributed by atoms with Crippen molar-refractivity contribution in [2.75, 3.05) is 4.90 Å². The van der Waals surface area contributed by atoms with Gasteiger partial charge in [-0.1, -0.05) is 54.1 Å². The zero-order valence-corrected chi connectivity index (χ0v) is 19.4. The van der Waals surface area contributed by atoms with E-state index in [4.69, 9.17) is 11.6 Å². The van der Waals surface area contributed by atoms with Crippen molar-refractivity contribution in [2.24, 2.45) is 0 Å². The number of ketones is 1. The minimum atomic E-state index is -0.849. The van der Waals surface area contributed by atoms with E-state index in [-0.39, 0.29) is 11.3 Å². The molecule has 0 bridgehead atoms. The summed E-state index contributed by atoms with van der Waals surface area (Å²) in [6, 6.07) is 21.2. The van der Waals surface area contributed by atoms with Gasteiger partial charge in [-0.3, -0.25) is 14.5 Å². The number of nitrogens with one attached hydrogen (secondary N) is 2. The summed E-state index contributed by atoms with van der Waals surface area (Å²) < 4.78 is 0. The van der Waals surface area contributed by atoms with Gasteiger partial charge in [0, 0.05) is 55.5 Å². The number of aromatic amines is 2. The molecule has 172 valence electrons. The number of aliphatic hydroxyl groups is 1. The predicted molar refractivity (Wildman–Crippen MR) is 138 cm³/mol. The third kappa shape index (κ3) is 3.18. The first-order valence-corrected chi connectivity index (χ1v) is 11.5. The number of para-hydroxylation sites is 2. The summed E-state index contributed by atoms with van der Waals surface area (Å²) in [5, 5.41) is 13.6. The molecular weight excluding hydrogens is 462 g/mol. The Balaban J connectivity index is 1.67. The summed E-state index contributed by atoms with van der Waals surface area (Å²) in [6.07, 6.45) is 1.66. The number of carbonyl (C=O) groups excluding carboxylic acids is 2. The summed E-state index contributed by atoms with van der Waals surface area (Å²) in [5.41, 5.74) is 4.23. The molecule has 1 unspecified atom stereocenters. The molecule has 2 aromatic heterocycles. The monoisotopic (exact) mass is 481 g/mol. The molecule has 1 aliphatic heterocycles. The van der Waals surface area contributed by atoms with E-state index in [2.05, 4.69) is 9.97 Å². The van der Waals surface area contributed by atoms with Gasteiger partial charge < -0.3 is 15.1 Å². The van der Waals surface area contributed by atoms with Crippen molar-refractivity contribution in [2.45, 2.75) is 13.0 Å². The van der Waals surface area contributed by atoms with Crippen LogP contribution >= 0.6 is 11.6 Å². The normalized spacial score (nSPS) is 17.7. The molecule has 3 heterocycles. The Labute approximate surface area is 205 Å². The van der Waals surface area contributed by atoms with Crippen LogP contribution in [-0.2, 0) is 9.59 Å². The van der Waals surface area contributed by atoms with Crippen molar-refractivity contribution in [1.29, 1.82) is 0 Å². The van der Waals surface area contributed by atoms with Crippen LogP contribution in [0.3, 0.4) is 0 Å². The molecule has 0 saturated carbocycles. The van der Waals surface area contributed by atoms with Crippen LogP contribution < -0.4 is 4.90 Å². The van der Waals surface area contributed by atoms with Crippen LogP contribution in [0.15, 0.2) is 84.6 Å². The molecule has 1 saturated heterocycles. The predicted octanol–water partition coefficient (Wildman–Crippen LogP) is 6.24. The number of aryl methyl sites for hydroxylation is 1. The van der Waals surface area contributed by atoms with Crippen LogP contribution in [0.5, 0.6) is 0 Å². The lowest BCUT2D eigenvalue weighted by atomic mass is 9.93. The van der Waals surface area contributed by atoms with E-state index in [0.29, 0.717) is 16.3 Å². The minimum Gasteiger partial charge on any atom is -0.507 e. The van der Waals surface area contributed by atoms with Crippen molar-refractivity contribution < 1.29 is 14.7 Å². The van der Waals surface area contributed by atoms with Crippen LogP contribution in [0.25, 0.3) is 27.6 Å². The van der Waals surface area contributed by atoms with Gasteiger partial charge >= 0.3 is 0 Å². The molecular formula is C28H20ClN3O3. The summed E-state index contributed by atoms with van der Waals surface area (Å²) in [4.78, 5) is 34.9. The Morgan fingerprint density at radius 2 is 1.66 bits per heavy atom. The number of anilines is 1. The first kappa shape index (κ1) is 21.3. The number of H-pyrrole nitrogens is 2. The van der Waals surface area contributed by atoms with Crippen molar-refractivity contribution in [1.82, 2.24) is 9.97 Å². The van der Waals surface area contributed by atoms with Gasteiger partial charge in [0.25, 0.3) is 11.7 Å². The van der Waals surface area contributed by atoms with Crippen molar-refractivity contribution in [3.05, 3.63) is 106 Å². The smallest absolute Gasteiger partial charge is 0.300 e. The van der Waals surface area contributed by atoms with Gasteiger partial charge in [0.1, 0.15) is 5.76 Å². The first-order chi connectivity index (χ1) is 17.0. The van der Waals surface area contributed by atoms with Crippen LogP contribution in [0.1, 0.15) is 22.9 Å². The van der Waals surface area contributed by atoms with Gasteiger partial charge in [0.2, 0.25) is 0 Å². The van der Waals surface area contributed by atoms with E-state index in [1.165, 1.54) is 4.90 Å². The number of amides is 1. The standard InChI is InChI=1S/C28H20ClN3O3/c1-15-23(19-10-3-5-12-22(19)31-15)25-24(26(33)20-14-30-21-11-4-2-9-18(20)21)27(34)28(35)32(25)17-8-6-7-16(29)13-17/h2-14,25,30-31,33H,1H3/b26-24+. The number of carbonyl (C=O) groups is 2. The third-order valence-corrected chi connectivity index (χ3v) is 6.83. The van der Waals surface area contributed by atoms with Crippen LogP contribution in [0.4, 0.5) is 5.69 Å². The Bertz CT molecular complexity index is 1690. The number of nitrogens with zero attached hydrogens (tertiary/aromatic N) is 1. The Morgan fingerprint density at radius 1 is 0.943 bits per heavy atom. The fourth-order valence-corrected chi connectivity index (χ4v) is 5.25. The molecule has 7 heteroatoms. The van der Waals surface area contributed by atoms with E-state index in [1.54, 1.807) is 30.5 Å². The molecule has 1 atom stereocenters. The van der Waals surface area contributed by atoms with Crippen molar-refractivity contribution in [3.8, 4) is 0 Å². The number of rotatable bonds is 3. The molecule has 0 radical (unpaired) electrons. The maximum absolute atomic E-state index is 13.5. The van der Waals surface area contributed by atoms with Gasteiger partial charge in [0.15, 0.2) is 0 Å². The summed E-state index contributed by atoms with van der Waals surface area (Å²) in [6.45, 7) is 1.90. The third-order valence-electron chi connectivity index (χ3n) is 6.59. The Kier molecular flexibility index (Phi) is 4.79. The maximum atomic E-state index is 13.5. The molecule has 1 amide bonds. The molecule has 1 fully saturated rings. The number of Topliss-reactive ketones (excluding diaryl/α,β-unsaturated/α-hetero) is 1. The zero-order chi connectivity index (χ0) is 24.3. The first-order valence-electron chi connectivity index (χ1n) is 11.2. The van der Waals surface area contributed by atoms with Gasteiger partial charge in [-0.25, -0.2) is 0 Å². The van der Waals surface area contributed by atoms with E-state index in [9.17, 15) is 14.7 Å². The SMILES string of the molecule is Cc1[nH]c2ccccc2c1C1/C(=C(\O)c2c[nH]c3ccccc23)C(=O)C(=O)N1c1cccc(Cl)c1. The van der Waals surface area contributed by atoms with Crippen molar-refractivity contribution in [3.63, 3.8) is 0 Å². The number of fused-ring (bicyclic) bond motifs is 2. The average Bonchev–Trinajstić information content (AvgIpc) is 3.50.